The summed E-state index contributed by atoms with van der Waals surface area (Å²) in [7, 11) is 1.62. The summed E-state index contributed by atoms with van der Waals surface area (Å²) in [6.45, 7) is 5.53. The lowest BCUT2D eigenvalue weighted by molar-refractivity contribution is -0.141. The maximum atomic E-state index is 11.7. The van der Waals surface area contributed by atoms with Crippen LogP contribution in [-0.4, -0.2) is 66.7 Å². The number of urea groups is 1. The zero-order valence-electron chi connectivity index (χ0n) is 11.2. The number of likely N-dealkylation sites (tertiary alicyclic amines) is 1. The van der Waals surface area contributed by atoms with E-state index in [1.54, 1.807) is 14.0 Å². The Balaban J connectivity index is 2.16. The molecule has 6 nitrogen and oxygen atoms in total. The predicted molar refractivity (Wildman–Crippen MR) is 68.5 cm³/mol. The van der Waals surface area contributed by atoms with Gasteiger partial charge in [-0.15, -0.1) is 0 Å². The minimum atomic E-state index is -0.883. The molecule has 0 saturated carbocycles. The van der Waals surface area contributed by atoms with Crippen molar-refractivity contribution in [2.45, 2.75) is 19.8 Å². The monoisotopic (exact) mass is 257 g/mol. The largest absolute Gasteiger partial charge is 0.481 e. The van der Waals surface area contributed by atoms with Crippen LogP contribution in [0.2, 0.25) is 0 Å². The van der Waals surface area contributed by atoms with Crippen molar-refractivity contribution in [1.82, 2.24) is 15.1 Å². The first kappa shape index (κ1) is 14.8. The Kier molecular flexibility index (Phi) is 5.91. The van der Waals surface area contributed by atoms with Gasteiger partial charge in [0.1, 0.15) is 0 Å². The number of nitrogens with one attached hydrogen (secondary N) is 1. The molecule has 6 heteroatoms. The van der Waals surface area contributed by atoms with Crippen LogP contribution in [0.25, 0.3) is 0 Å². The van der Waals surface area contributed by atoms with Gasteiger partial charge in [-0.1, -0.05) is 6.92 Å². The summed E-state index contributed by atoms with van der Waals surface area (Å²) in [6.07, 6.45) is 2.48. The molecule has 1 saturated heterocycles. The zero-order chi connectivity index (χ0) is 13.5. The van der Waals surface area contributed by atoms with Crippen LogP contribution in [-0.2, 0) is 4.79 Å². The molecule has 18 heavy (non-hydrogen) atoms. The Morgan fingerprint density at radius 2 is 2.00 bits per heavy atom. The molecule has 1 fully saturated rings. The number of hydrogen-bond acceptors (Lipinski definition) is 3. The molecule has 1 aliphatic rings. The van der Waals surface area contributed by atoms with E-state index in [4.69, 9.17) is 5.11 Å². The van der Waals surface area contributed by atoms with Crippen molar-refractivity contribution < 1.29 is 14.7 Å². The van der Waals surface area contributed by atoms with Crippen molar-refractivity contribution in [2.24, 2.45) is 5.92 Å². The summed E-state index contributed by atoms with van der Waals surface area (Å²) in [5.41, 5.74) is 0. The van der Waals surface area contributed by atoms with Crippen LogP contribution in [0.15, 0.2) is 0 Å². The quantitative estimate of drug-likeness (QED) is 0.724. The van der Waals surface area contributed by atoms with E-state index in [2.05, 4.69) is 10.2 Å². The van der Waals surface area contributed by atoms with Crippen molar-refractivity contribution in [3.8, 4) is 0 Å². The van der Waals surface area contributed by atoms with Gasteiger partial charge in [-0.25, -0.2) is 4.79 Å². The second-order valence-corrected chi connectivity index (χ2v) is 4.90. The SMILES string of the molecule is CC(CN(C)C(=O)NCCN1CCCC1)C(=O)O. The molecule has 0 aromatic rings. The van der Waals surface area contributed by atoms with E-state index in [0.717, 1.165) is 19.6 Å². The summed E-state index contributed by atoms with van der Waals surface area (Å²) in [6, 6.07) is -0.206. The van der Waals surface area contributed by atoms with Gasteiger partial charge in [-0.05, 0) is 25.9 Å². The smallest absolute Gasteiger partial charge is 0.317 e. The third-order valence-corrected chi connectivity index (χ3v) is 3.22. The third kappa shape index (κ3) is 4.91. The number of carboxylic acid groups (broad SMARTS) is 1. The van der Waals surface area contributed by atoms with Crippen molar-refractivity contribution in [1.29, 1.82) is 0 Å². The van der Waals surface area contributed by atoms with Crippen LogP contribution in [0.3, 0.4) is 0 Å². The highest BCUT2D eigenvalue weighted by atomic mass is 16.4. The molecule has 1 unspecified atom stereocenters. The van der Waals surface area contributed by atoms with E-state index in [1.807, 2.05) is 0 Å². The van der Waals surface area contributed by atoms with Crippen LogP contribution in [0.5, 0.6) is 0 Å². The Labute approximate surface area is 108 Å². The minimum absolute atomic E-state index is 0.206. The summed E-state index contributed by atoms with van der Waals surface area (Å²) >= 11 is 0. The van der Waals surface area contributed by atoms with Crippen LogP contribution >= 0.6 is 0 Å². The highest BCUT2D eigenvalue weighted by Crippen LogP contribution is 2.05. The van der Waals surface area contributed by atoms with Crippen molar-refractivity contribution in [3.63, 3.8) is 0 Å². The van der Waals surface area contributed by atoms with E-state index in [1.165, 1.54) is 17.7 Å². The molecular weight excluding hydrogens is 234 g/mol. The standard InChI is InChI=1S/C12H23N3O3/c1-10(11(16)17)9-14(2)12(18)13-5-8-15-6-3-4-7-15/h10H,3-9H2,1-2H3,(H,13,18)(H,16,17). The average molecular weight is 257 g/mol. The number of hydrogen-bond donors (Lipinski definition) is 2. The molecule has 0 bridgehead atoms. The van der Waals surface area contributed by atoms with E-state index >= 15 is 0 Å². The number of amides is 2. The van der Waals surface area contributed by atoms with Gasteiger partial charge in [0.2, 0.25) is 0 Å². The maximum Gasteiger partial charge on any atom is 0.317 e. The number of nitrogens with zero attached hydrogens (tertiary/aromatic N) is 2. The molecule has 1 aliphatic heterocycles. The molecule has 1 atom stereocenters. The molecule has 104 valence electrons. The number of rotatable bonds is 6. The molecule has 2 amide bonds. The van der Waals surface area contributed by atoms with Crippen molar-refractivity contribution in [3.05, 3.63) is 0 Å². The first-order valence-electron chi connectivity index (χ1n) is 6.45. The maximum absolute atomic E-state index is 11.7. The molecule has 2 N–H and O–H groups in total. The second kappa shape index (κ2) is 7.20. The van der Waals surface area contributed by atoms with Crippen LogP contribution in [0.4, 0.5) is 4.79 Å². The summed E-state index contributed by atoms with van der Waals surface area (Å²) < 4.78 is 0. The van der Waals surface area contributed by atoms with Crippen molar-refractivity contribution >= 4 is 12.0 Å². The van der Waals surface area contributed by atoms with Gasteiger partial charge in [-0.2, -0.15) is 0 Å². The van der Waals surface area contributed by atoms with Gasteiger partial charge < -0.3 is 20.2 Å². The van der Waals surface area contributed by atoms with Gasteiger partial charge in [-0.3, -0.25) is 4.79 Å². The lowest BCUT2D eigenvalue weighted by atomic mass is 10.2. The normalized spacial score (nSPS) is 17.4. The van der Waals surface area contributed by atoms with Gasteiger partial charge >= 0.3 is 12.0 Å². The van der Waals surface area contributed by atoms with E-state index in [0.29, 0.717) is 6.54 Å². The van der Waals surface area contributed by atoms with Crippen LogP contribution in [0.1, 0.15) is 19.8 Å². The van der Waals surface area contributed by atoms with Gasteiger partial charge in [0.15, 0.2) is 0 Å². The van der Waals surface area contributed by atoms with Crippen LogP contribution < -0.4 is 5.32 Å². The average Bonchev–Trinajstić information content (AvgIpc) is 2.81. The van der Waals surface area contributed by atoms with E-state index < -0.39 is 11.9 Å². The topological polar surface area (TPSA) is 72.9 Å². The fourth-order valence-corrected chi connectivity index (χ4v) is 2.03. The lowest BCUT2D eigenvalue weighted by Gasteiger charge is -2.21. The van der Waals surface area contributed by atoms with E-state index in [9.17, 15) is 9.59 Å². The van der Waals surface area contributed by atoms with Gasteiger partial charge in [0.25, 0.3) is 0 Å². The second-order valence-electron chi connectivity index (χ2n) is 4.90. The summed E-state index contributed by atoms with van der Waals surface area (Å²) in [4.78, 5) is 26.1. The predicted octanol–water partition coefficient (Wildman–Crippen LogP) is 0.444. The number of carbonyl (C=O) groups excluding carboxylic acids is 1. The molecule has 0 aromatic carbocycles. The Hall–Kier alpha value is -1.30. The first-order valence-corrected chi connectivity index (χ1v) is 6.45. The lowest BCUT2D eigenvalue weighted by Crippen LogP contribution is -2.43. The molecule has 0 spiro atoms. The zero-order valence-corrected chi connectivity index (χ0v) is 11.2. The van der Waals surface area contributed by atoms with Gasteiger partial charge in [0, 0.05) is 26.7 Å². The fraction of sp³-hybridized carbons (Fsp3) is 0.833. The van der Waals surface area contributed by atoms with E-state index in [-0.39, 0.29) is 12.6 Å². The Bertz CT molecular complexity index is 290. The highest BCUT2D eigenvalue weighted by Gasteiger charge is 2.17. The number of carbonyl (C=O) groups is 2. The number of carboxylic acids is 1. The third-order valence-electron chi connectivity index (χ3n) is 3.22. The van der Waals surface area contributed by atoms with Crippen molar-refractivity contribution in [2.75, 3.05) is 39.8 Å². The molecular formula is C12H23N3O3. The molecule has 0 aliphatic carbocycles. The Morgan fingerprint density at radius 1 is 1.39 bits per heavy atom. The number of aliphatic carboxylic acids is 1. The van der Waals surface area contributed by atoms with Gasteiger partial charge in [0.05, 0.1) is 5.92 Å². The molecule has 1 heterocycles. The minimum Gasteiger partial charge on any atom is -0.481 e. The fourth-order valence-electron chi connectivity index (χ4n) is 2.03. The molecule has 1 rings (SSSR count). The first-order chi connectivity index (χ1) is 8.50. The summed E-state index contributed by atoms with van der Waals surface area (Å²) in [5, 5.41) is 11.6. The molecule has 0 aromatic heterocycles. The summed E-state index contributed by atoms with van der Waals surface area (Å²) in [5.74, 6) is -1.42. The van der Waals surface area contributed by atoms with Crippen LogP contribution in [0, 0.1) is 5.92 Å². The highest BCUT2D eigenvalue weighted by molar-refractivity contribution is 5.75. The molecule has 0 radical (unpaired) electrons. The Morgan fingerprint density at radius 3 is 2.56 bits per heavy atom.